The molecule has 0 saturated heterocycles. The van der Waals surface area contributed by atoms with E-state index in [0.717, 1.165) is 21.9 Å². The summed E-state index contributed by atoms with van der Waals surface area (Å²) in [6.07, 6.45) is 1.09. The van der Waals surface area contributed by atoms with Crippen molar-refractivity contribution in [3.05, 3.63) is 60.2 Å². The number of likely N-dealkylation sites (N-methyl/N-ethyl adjacent to an activating group) is 1. The summed E-state index contributed by atoms with van der Waals surface area (Å²) in [6, 6.07) is 16.0. The zero-order chi connectivity index (χ0) is 18.4. The van der Waals surface area contributed by atoms with E-state index in [1.165, 1.54) is 4.90 Å². The molecule has 2 aromatic carbocycles. The van der Waals surface area contributed by atoms with Crippen molar-refractivity contribution >= 4 is 21.6 Å². The number of amides is 1. The number of hydrogen-bond acceptors (Lipinski definition) is 4. The summed E-state index contributed by atoms with van der Waals surface area (Å²) in [5.41, 5.74) is 1.40. The van der Waals surface area contributed by atoms with Crippen molar-refractivity contribution in [3.63, 3.8) is 0 Å². The third-order valence-corrected chi connectivity index (χ3v) is 4.87. The number of methoxy groups -OCH3 is 1. The number of benzene rings is 2. The normalized spacial score (nSPS) is 11.0. The molecule has 7 heteroatoms. The van der Waals surface area contributed by atoms with Gasteiger partial charge in [-0.25, -0.2) is 8.42 Å². The van der Waals surface area contributed by atoms with E-state index < -0.39 is 10.0 Å². The quantitative estimate of drug-likeness (QED) is 0.757. The van der Waals surface area contributed by atoms with Crippen LogP contribution in [0.3, 0.4) is 0 Å². The Bertz CT molecular complexity index is 805. The molecule has 0 aromatic heterocycles. The largest absolute Gasteiger partial charge is 0.497 e. The zero-order valence-corrected chi connectivity index (χ0v) is 15.4. The number of hydrogen-bond donors (Lipinski definition) is 0. The number of anilines is 1. The van der Waals surface area contributed by atoms with Crippen LogP contribution in [0.2, 0.25) is 0 Å². The molecule has 0 aliphatic heterocycles. The molecule has 0 aliphatic carbocycles. The van der Waals surface area contributed by atoms with Gasteiger partial charge in [-0.2, -0.15) is 0 Å². The zero-order valence-electron chi connectivity index (χ0n) is 14.5. The first-order valence-corrected chi connectivity index (χ1v) is 9.56. The molecule has 1 amide bonds. The predicted molar refractivity (Wildman–Crippen MR) is 98.1 cm³/mol. The first-order chi connectivity index (χ1) is 11.8. The Morgan fingerprint density at radius 2 is 1.64 bits per heavy atom. The first-order valence-electron chi connectivity index (χ1n) is 7.71. The molecule has 0 bridgehead atoms. The second-order valence-electron chi connectivity index (χ2n) is 5.70. The summed E-state index contributed by atoms with van der Waals surface area (Å²) < 4.78 is 30.3. The third kappa shape index (κ3) is 5.22. The van der Waals surface area contributed by atoms with Crippen molar-refractivity contribution in [1.82, 2.24) is 4.90 Å². The molecular formula is C18H22N2O4S. The maximum Gasteiger partial charge on any atom is 0.243 e. The minimum absolute atomic E-state index is 0.241. The van der Waals surface area contributed by atoms with E-state index in [9.17, 15) is 13.2 Å². The number of para-hydroxylation sites is 1. The van der Waals surface area contributed by atoms with Crippen LogP contribution in [0.1, 0.15) is 5.56 Å². The highest BCUT2D eigenvalue weighted by atomic mass is 32.2. The number of sulfonamides is 1. The summed E-state index contributed by atoms with van der Waals surface area (Å²) in [5.74, 6) is 0.454. The molecule has 134 valence electrons. The van der Waals surface area contributed by atoms with E-state index in [1.54, 1.807) is 44.5 Å². The molecule has 2 aromatic rings. The van der Waals surface area contributed by atoms with Gasteiger partial charge in [0, 0.05) is 13.6 Å². The van der Waals surface area contributed by atoms with E-state index in [1.807, 2.05) is 24.3 Å². The van der Waals surface area contributed by atoms with Crippen LogP contribution in [0, 0.1) is 0 Å². The van der Waals surface area contributed by atoms with Crippen molar-refractivity contribution in [1.29, 1.82) is 0 Å². The minimum atomic E-state index is -3.56. The summed E-state index contributed by atoms with van der Waals surface area (Å²) >= 11 is 0. The lowest BCUT2D eigenvalue weighted by Gasteiger charge is -2.25. The van der Waals surface area contributed by atoms with Crippen molar-refractivity contribution in [2.24, 2.45) is 0 Å². The molecule has 0 spiro atoms. The van der Waals surface area contributed by atoms with Gasteiger partial charge in [0.05, 0.1) is 19.1 Å². The lowest BCUT2D eigenvalue weighted by atomic mass is 10.2. The van der Waals surface area contributed by atoms with Gasteiger partial charge in [0.15, 0.2) is 0 Å². The Balaban J connectivity index is 2.09. The molecule has 25 heavy (non-hydrogen) atoms. The van der Waals surface area contributed by atoms with Gasteiger partial charge in [-0.05, 0) is 29.8 Å². The second kappa shape index (κ2) is 8.02. The van der Waals surface area contributed by atoms with E-state index in [4.69, 9.17) is 4.74 Å². The van der Waals surface area contributed by atoms with Gasteiger partial charge < -0.3 is 9.64 Å². The molecule has 0 unspecified atom stereocenters. The number of carbonyl (C=O) groups is 1. The number of carbonyl (C=O) groups excluding carboxylic acids is 1. The fourth-order valence-corrected chi connectivity index (χ4v) is 3.18. The average Bonchev–Trinajstić information content (AvgIpc) is 2.59. The number of rotatable bonds is 7. The standard InChI is InChI=1S/C18H22N2O4S/c1-19(13-15-9-11-17(24-2)12-10-15)18(21)14-20(25(3,22)23)16-7-5-4-6-8-16/h4-12H,13-14H2,1-3H3. The van der Waals surface area contributed by atoms with Crippen LogP contribution in [-0.4, -0.2) is 46.2 Å². The Labute approximate surface area is 148 Å². The Morgan fingerprint density at radius 1 is 1.04 bits per heavy atom. The van der Waals surface area contributed by atoms with Crippen molar-refractivity contribution in [3.8, 4) is 5.75 Å². The second-order valence-corrected chi connectivity index (χ2v) is 7.61. The third-order valence-electron chi connectivity index (χ3n) is 3.73. The highest BCUT2D eigenvalue weighted by molar-refractivity contribution is 7.92. The van der Waals surface area contributed by atoms with Gasteiger partial charge in [0.1, 0.15) is 12.3 Å². The van der Waals surface area contributed by atoms with Crippen LogP contribution in [0.5, 0.6) is 5.75 Å². The Morgan fingerprint density at radius 3 is 2.16 bits per heavy atom. The lowest BCUT2D eigenvalue weighted by molar-refractivity contribution is -0.128. The van der Waals surface area contributed by atoms with Gasteiger partial charge in [-0.3, -0.25) is 9.10 Å². The van der Waals surface area contributed by atoms with Crippen LogP contribution in [0.4, 0.5) is 5.69 Å². The van der Waals surface area contributed by atoms with Crippen LogP contribution >= 0.6 is 0 Å². The molecule has 0 heterocycles. The Kier molecular flexibility index (Phi) is 6.03. The van der Waals surface area contributed by atoms with E-state index in [-0.39, 0.29) is 12.5 Å². The van der Waals surface area contributed by atoms with E-state index in [0.29, 0.717) is 12.2 Å². The van der Waals surface area contributed by atoms with Crippen molar-refractivity contribution in [2.45, 2.75) is 6.54 Å². The van der Waals surface area contributed by atoms with E-state index >= 15 is 0 Å². The highest BCUT2D eigenvalue weighted by Crippen LogP contribution is 2.17. The van der Waals surface area contributed by atoms with Gasteiger partial charge in [0.2, 0.25) is 15.9 Å². The SMILES string of the molecule is COc1ccc(CN(C)C(=O)CN(c2ccccc2)S(C)(=O)=O)cc1. The molecule has 0 atom stereocenters. The molecule has 2 rings (SSSR count). The summed E-state index contributed by atoms with van der Waals surface area (Å²) in [4.78, 5) is 14.0. The predicted octanol–water partition coefficient (Wildman–Crippen LogP) is 2.12. The summed E-state index contributed by atoms with van der Waals surface area (Å²) in [6.45, 7) is 0.144. The number of ether oxygens (including phenoxy) is 1. The first kappa shape index (κ1) is 18.8. The Hall–Kier alpha value is -2.54. The molecule has 0 N–H and O–H groups in total. The van der Waals surface area contributed by atoms with Crippen molar-refractivity contribution < 1.29 is 17.9 Å². The summed E-state index contributed by atoms with van der Waals surface area (Å²) in [7, 11) is -0.317. The molecule has 0 fully saturated rings. The monoisotopic (exact) mass is 362 g/mol. The van der Waals surface area contributed by atoms with E-state index in [2.05, 4.69) is 0 Å². The number of nitrogens with zero attached hydrogens (tertiary/aromatic N) is 2. The van der Waals surface area contributed by atoms with Crippen LogP contribution in [0.25, 0.3) is 0 Å². The smallest absolute Gasteiger partial charge is 0.243 e. The maximum absolute atomic E-state index is 12.5. The fraction of sp³-hybridized carbons (Fsp3) is 0.278. The van der Waals surface area contributed by atoms with Gasteiger partial charge >= 0.3 is 0 Å². The molecular weight excluding hydrogens is 340 g/mol. The van der Waals surface area contributed by atoms with Gasteiger partial charge in [-0.1, -0.05) is 30.3 Å². The lowest BCUT2D eigenvalue weighted by Crippen LogP contribution is -2.41. The van der Waals surface area contributed by atoms with Gasteiger partial charge in [-0.15, -0.1) is 0 Å². The molecule has 0 aliphatic rings. The maximum atomic E-state index is 12.5. The average molecular weight is 362 g/mol. The highest BCUT2D eigenvalue weighted by Gasteiger charge is 2.22. The molecule has 0 saturated carbocycles. The topological polar surface area (TPSA) is 66.9 Å². The van der Waals surface area contributed by atoms with Crippen LogP contribution in [0.15, 0.2) is 54.6 Å². The van der Waals surface area contributed by atoms with Crippen LogP contribution in [-0.2, 0) is 21.4 Å². The molecule has 0 radical (unpaired) electrons. The minimum Gasteiger partial charge on any atom is -0.497 e. The molecule has 6 nitrogen and oxygen atoms in total. The van der Waals surface area contributed by atoms with Gasteiger partial charge in [0.25, 0.3) is 0 Å². The van der Waals surface area contributed by atoms with Crippen molar-refractivity contribution in [2.75, 3.05) is 31.3 Å². The van der Waals surface area contributed by atoms with Crippen LogP contribution < -0.4 is 9.04 Å². The summed E-state index contributed by atoms with van der Waals surface area (Å²) in [5, 5.41) is 0. The fourth-order valence-electron chi connectivity index (χ4n) is 2.33.